The van der Waals surface area contributed by atoms with E-state index in [9.17, 15) is 21.6 Å². The molecule has 10 heteroatoms. The molecule has 1 saturated carbocycles. The molecule has 0 bridgehead atoms. The fourth-order valence-electron chi connectivity index (χ4n) is 4.86. The molecule has 0 atom stereocenters. The van der Waals surface area contributed by atoms with Gasteiger partial charge in [-0.25, -0.2) is 31.3 Å². The first kappa shape index (κ1) is 24.3. The number of aromatic nitrogens is 1. The van der Waals surface area contributed by atoms with Gasteiger partial charge in [0.2, 0.25) is 10.0 Å². The van der Waals surface area contributed by atoms with Crippen LogP contribution in [0.2, 0.25) is 0 Å². The van der Waals surface area contributed by atoms with Crippen molar-refractivity contribution in [3.63, 3.8) is 0 Å². The molecular weight excluding hydrogens is 495 g/mol. The zero-order chi connectivity index (χ0) is 24.6. The maximum atomic E-state index is 13.9. The molecule has 0 saturated heterocycles. The number of nitrogens with one attached hydrogen (secondary N) is 2. The van der Waals surface area contributed by atoms with E-state index < -0.39 is 21.7 Å². The maximum absolute atomic E-state index is 13.9. The lowest BCUT2D eigenvalue weighted by atomic mass is 9.86. The molecule has 2 aromatic carbocycles. The van der Waals surface area contributed by atoms with Gasteiger partial charge in [-0.05, 0) is 86.8 Å². The summed E-state index contributed by atoms with van der Waals surface area (Å²) >= 11 is 1.63. The number of nitrogens with zero attached hydrogens (tertiary/aromatic N) is 1. The summed E-state index contributed by atoms with van der Waals surface area (Å²) in [6, 6.07) is 7.74. The van der Waals surface area contributed by atoms with Crippen LogP contribution in [-0.2, 0) is 22.9 Å². The highest BCUT2D eigenvalue weighted by Gasteiger charge is 2.26. The first-order valence-electron chi connectivity index (χ1n) is 11.8. The molecule has 3 aromatic rings. The molecule has 2 aliphatic carbocycles. The summed E-state index contributed by atoms with van der Waals surface area (Å²) in [4.78, 5) is 5.71. The van der Waals surface area contributed by atoms with Crippen LogP contribution in [0.15, 0.2) is 41.3 Å². The first-order chi connectivity index (χ1) is 16.8. The van der Waals surface area contributed by atoms with Crippen LogP contribution in [0.3, 0.4) is 0 Å². The van der Waals surface area contributed by atoms with Gasteiger partial charge in [0.05, 0.1) is 10.6 Å². The number of hydrogen-bond acceptors (Lipinski definition) is 5. The van der Waals surface area contributed by atoms with Gasteiger partial charge in [-0.15, -0.1) is 11.3 Å². The zero-order valence-electron chi connectivity index (χ0n) is 19.0. The molecule has 0 spiro atoms. The summed E-state index contributed by atoms with van der Waals surface area (Å²) in [7, 11) is -3.90. The van der Waals surface area contributed by atoms with Crippen LogP contribution in [0.4, 0.5) is 18.3 Å². The van der Waals surface area contributed by atoms with E-state index in [4.69, 9.17) is 4.98 Å². The minimum absolute atomic E-state index is 0.163. The Kier molecular flexibility index (Phi) is 6.87. The Balaban J connectivity index is 1.17. The van der Waals surface area contributed by atoms with Crippen molar-refractivity contribution in [2.75, 3.05) is 11.9 Å². The summed E-state index contributed by atoms with van der Waals surface area (Å²) in [6.45, 7) is 0.252. The van der Waals surface area contributed by atoms with Crippen molar-refractivity contribution in [2.45, 2.75) is 55.9 Å². The average Bonchev–Trinajstić information content (AvgIpc) is 3.15. The molecule has 186 valence electrons. The number of fused-ring (bicyclic) bond motifs is 3. The Morgan fingerprint density at radius 1 is 0.971 bits per heavy atom. The minimum atomic E-state index is -3.90. The van der Waals surface area contributed by atoms with Crippen LogP contribution in [0.5, 0.6) is 0 Å². The van der Waals surface area contributed by atoms with Gasteiger partial charge in [0.1, 0.15) is 5.82 Å². The molecule has 35 heavy (non-hydrogen) atoms. The second-order valence-corrected chi connectivity index (χ2v) is 12.1. The number of halogens is 3. The van der Waals surface area contributed by atoms with Crippen molar-refractivity contribution in [1.82, 2.24) is 9.71 Å². The minimum Gasteiger partial charge on any atom is -0.359 e. The van der Waals surface area contributed by atoms with Crippen molar-refractivity contribution in [3.05, 3.63) is 64.3 Å². The number of aryl methyl sites for hydroxylation is 2. The molecule has 5 nitrogen and oxygen atoms in total. The molecule has 1 fully saturated rings. The quantitative estimate of drug-likeness (QED) is 0.439. The molecule has 0 unspecified atom stereocenters. The van der Waals surface area contributed by atoms with Crippen LogP contribution in [0, 0.1) is 23.4 Å². The largest absolute Gasteiger partial charge is 0.359 e. The number of rotatable bonds is 6. The lowest BCUT2D eigenvalue weighted by molar-refractivity contribution is 0.337. The highest BCUT2D eigenvalue weighted by Crippen LogP contribution is 2.38. The number of sulfonamides is 1. The highest BCUT2D eigenvalue weighted by atomic mass is 32.2. The fraction of sp³-hybridized carbons (Fsp3) is 0.400. The van der Waals surface area contributed by atoms with E-state index >= 15 is 0 Å². The van der Waals surface area contributed by atoms with Crippen molar-refractivity contribution in [3.8, 4) is 11.3 Å². The predicted octanol–water partition coefficient (Wildman–Crippen LogP) is 5.67. The molecule has 1 heterocycles. The van der Waals surface area contributed by atoms with Gasteiger partial charge < -0.3 is 5.32 Å². The summed E-state index contributed by atoms with van der Waals surface area (Å²) in [5.41, 5.74) is 2.90. The molecule has 0 aliphatic heterocycles. The smallest absolute Gasteiger partial charge is 0.240 e. The van der Waals surface area contributed by atoms with E-state index in [0.717, 1.165) is 79.0 Å². The van der Waals surface area contributed by atoms with Gasteiger partial charge in [0.15, 0.2) is 16.8 Å². The van der Waals surface area contributed by atoms with Crippen LogP contribution < -0.4 is 10.0 Å². The molecule has 5 rings (SSSR count). The maximum Gasteiger partial charge on any atom is 0.240 e. The Morgan fingerprint density at radius 3 is 2.54 bits per heavy atom. The molecule has 2 N–H and O–H groups in total. The van der Waals surface area contributed by atoms with E-state index in [0.29, 0.717) is 6.07 Å². The van der Waals surface area contributed by atoms with Crippen LogP contribution in [0.1, 0.15) is 42.5 Å². The Morgan fingerprint density at radius 2 is 1.77 bits per heavy atom. The topological polar surface area (TPSA) is 71.1 Å². The van der Waals surface area contributed by atoms with Crippen molar-refractivity contribution >= 4 is 26.5 Å². The number of benzene rings is 2. The van der Waals surface area contributed by atoms with Crippen LogP contribution in [0.25, 0.3) is 11.3 Å². The van der Waals surface area contributed by atoms with Gasteiger partial charge >= 0.3 is 0 Å². The number of hydrogen-bond donors (Lipinski definition) is 2. The Labute approximate surface area is 206 Å². The SMILES string of the molecule is O=S(=O)(NC[C@H]1CC[C@H](Nc2nc3c(s2)CCCc2ccc(F)cc2-3)CC1)c1ccc(F)c(F)c1. The molecule has 0 radical (unpaired) electrons. The predicted molar refractivity (Wildman–Crippen MR) is 130 cm³/mol. The lowest BCUT2D eigenvalue weighted by Gasteiger charge is -2.29. The van der Waals surface area contributed by atoms with E-state index in [1.165, 1.54) is 10.9 Å². The lowest BCUT2D eigenvalue weighted by Crippen LogP contribution is -2.34. The summed E-state index contributed by atoms with van der Waals surface area (Å²) in [5.74, 6) is -2.36. The van der Waals surface area contributed by atoms with Gasteiger partial charge in [0, 0.05) is 23.0 Å². The van der Waals surface area contributed by atoms with E-state index in [1.807, 2.05) is 6.07 Å². The number of anilines is 1. The third kappa shape index (κ3) is 5.39. The molecular formula is C25H26F3N3O2S2. The fourth-order valence-corrected chi connectivity index (χ4v) is 7.08. The monoisotopic (exact) mass is 521 g/mol. The normalized spacial score (nSPS) is 20.1. The average molecular weight is 522 g/mol. The van der Waals surface area contributed by atoms with Gasteiger partial charge in [-0.1, -0.05) is 6.07 Å². The highest BCUT2D eigenvalue weighted by molar-refractivity contribution is 7.89. The molecule has 1 aromatic heterocycles. The second kappa shape index (κ2) is 9.91. The zero-order valence-corrected chi connectivity index (χ0v) is 20.6. The summed E-state index contributed by atoms with van der Waals surface area (Å²) in [6.07, 6.45) is 6.26. The third-order valence-corrected chi connectivity index (χ3v) is 9.28. The van der Waals surface area contributed by atoms with Crippen LogP contribution >= 0.6 is 11.3 Å². The molecule has 2 aliphatic rings. The summed E-state index contributed by atoms with van der Waals surface area (Å²) in [5, 5.41) is 4.37. The van der Waals surface area contributed by atoms with Gasteiger partial charge in [-0.3, -0.25) is 0 Å². The number of thiazole rings is 1. The van der Waals surface area contributed by atoms with Gasteiger partial charge in [-0.2, -0.15) is 0 Å². The molecule has 0 amide bonds. The third-order valence-electron chi connectivity index (χ3n) is 6.81. The van der Waals surface area contributed by atoms with Crippen LogP contribution in [-0.4, -0.2) is 26.0 Å². The standard InChI is InChI=1S/C25H26F3N3O2S2/c26-17-7-6-16-2-1-3-23-24(20(16)12-17)31-25(34-23)30-18-8-4-15(5-9-18)14-29-35(32,33)19-10-11-21(27)22(28)13-19/h6-7,10-13,15,18,29H,1-5,8-9,14H2,(H,30,31)/t15-,18-. The van der Waals surface area contributed by atoms with Crippen molar-refractivity contribution < 1.29 is 21.6 Å². The van der Waals surface area contributed by atoms with Gasteiger partial charge in [0.25, 0.3) is 0 Å². The Bertz CT molecular complexity index is 1340. The summed E-state index contributed by atoms with van der Waals surface area (Å²) < 4.78 is 67.8. The van der Waals surface area contributed by atoms with Crippen molar-refractivity contribution in [1.29, 1.82) is 0 Å². The first-order valence-corrected chi connectivity index (χ1v) is 14.1. The van der Waals surface area contributed by atoms with E-state index in [-0.39, 0.29) is 29.2 Å². The van der Waals surface area contributed by atoms with Crippen molar-refractivity contribution in [2.24, 2.45) is 5.92 Å². The Hall–Kier alpha value is -2.43. The van der Waals surface area contributed by atoms with E-state index in [2.05, 4.69) is 10.0 Å². The second-order valence-electron chi connectivity index (χ2n) is 9.24. The van der Waals surface area contributed by atoms with E-state index in [1.54, 1.807) is 17.4 Å².